The van der Waals surface area contributed by atoms with Gasteiger partial charge in [-0.2, -0.15) is 8.78 Å². The molecule has 0 saturated carbocycles. The van der Waals surface area contributed by atoms with E-state index in [9.17, 15) is 8.78 Å². The lowest BCUT2D eigenvalue weighted by Crippen LogP contribution is -1.78. The molecule has 0 saturated heterocycles. The van der Waals surface area contributed by atoms with Crippen molar-refractivity contribution in [2.24, 2.45) is 0 Å². The summed E-state index contributed by atoms with van der Waals surface area (Å²) in [5.41, 5.74) is 1.51. The summed E-state index contributed by atoms with van der Waals surface area (Å²) in [5.74, 6) is 0. The minimum absolute atomic E-state index is 0.123. The quantitative estimate of drug-likeness (QED) is 0.531. The van der Waals surface area contributed by atoms with E-state index in [0.29, 0.717) is 11.1 Å². The predicted molar refractivity (Wildman–Crippen MR) is 55.9 cm³/mol. The highest BCUT2D eigenvalue weighted by atomic mass is 32.1. The van der Waals surface area contributed by atoms with E-state index in [1.807, 2.05) is 10.8 Å². The Balaban J connectivity index is 2.44. The third-order valence-electron chi connectivity index (χ3n) is 2.26. The molecule has 0 atom stereocenters. The molecule has 1 aliphatic carbocycles. The van der Waals surface area contributed by atoms with Crippen LogP contribution < -0.4 is 0 Å². The number of rotatable bonds is 0. The summed E-state index contributed by atoms with van der Waals surface area (Å²) >= 11 is 3.05. The fourth-order valence-corrected chi connectivity index (χ4v) is 3.71. The Labute approximate surface area is 87.1 Å². The molecule has 70 valence electrons. The van der Waals surface area contributed by atoms with Gasteiger partial charge in [-0.3, -0.25) is 0 Å². The third kappa shape index (κ3) is 0.898. The van der Waals surface area contributed by atoms with E-state index in [2.05, 4.69) is 0 Å². The topological polar surface area (TPSA) is 0 Å². The molecule has 0 nitrogen and oxygen atoms in total. The number of halogens is 2. The average Bonchev–Trinajstić information content (AvgIpc) is 2.70. The van der Waals surface area contributed by atoms with Gasteiger partial charge in [0, 0.05) is 11.1 Å². The first kappa shape index (κ1) is 8.32. The van der Waals surface area contributed by atoms with Crippen molar-refractivity contribution < 1.29 is 8.78 Å². The second kappa shape index (κ2) is 2.74. The molecule has 0 aliphatic heterocycles. The summed E-state index contributed by atoms with van der Waals surface area (Å²) in [6, 6.07) is 3.53. The van der Waals surface area contributed by atoms with Gasteiger partial charge in [-0.1, -0.05) is 0 Å². The van der Waals surface area contributed by atoms with Gasteiger partial charge in [0.2, 0.25) is 0 Å². The summed E-state index contributed by atoms with van der Waals surface area (Å²) in [6.45, 7) is 0. The molecule has 2 aromatic heterocycles. The van der Waals surface area contributed by atoms with E-state index in [4.69, 9.17) is 0 Å². The number of fused-ring (bicyclic) bond motifs is 3. The molecule has 3 rings (SSSR count). The van der Waals surface area contributed by atoms with Crippen LogP contribution >= 0.6 is 22.7 Å². The van der Waals surface area contributed by atoms with Gasteiger partial charge in [-0.25, -0.2) is 0 Å². The number of hydrogen-bond acceptors (Lipinski definition) is 2. The normalized spacial score (nSPS) is 12.9. The maximum atomic E-state index is 12.7. The summed E-state index contributed by atoms with van der Waals surface area (Å²) in [7, 11) is 0. The highest BCUT2D eigenvalue weighted by molar-refractivity contribution is 7.21. The predicted octanol–water partition coefficient (Wildman–Crippen LogP) is 4.45. The van der Waals surface area contributed by atoms with Gasteiger partial charge in [0.15, 0.2) is 0 Å². The van der Waals surface area contributed by atoms with E-state index in [1.165, 1.54) is 22.7 Å². The van der Waals surface area contributed by atoms with Crippen molar-refractivity contribution in [3.05, 3.63) is 40.1 Å². The summed E-state index contributed by atoms with van der Waals surface area (Å²) < 4.78 is 25.5. The van der Waals surface area contributed by atoms with Crippen molar-refractivity contribution in [3.63, 3.8) is 0 Å². The smallest absolute Gasteiger partial charge is 0.173 e. The lowest BCUT2D eigenvalue weighted by atomic mass is 10.1. The maximum absolute atomic E-state index is 12.7. The van der Waals surface area contributed by atoms with Crippen LogP contribution in [0.3, 0.4) is 0 Å². The Hall–Kier alpha value is -1.00. The minimum atomic E-state index is -1.58. The van der Waals surface area contributed by atoms with Crippen molar-refractivity contribution in [2.45, 2.75) is 0 Å². The minimum Gasteiger partial charge on any atom is -0.173 e. The molecule has 0 N–H and O–H groups in total. The van der Waals surface area contributed by atoms with Gasteiger partial charge in [0.25, 0.3) is 6.08 Å². The van der Waals surface area contributed by atoms with Gasteiger partial charge < -0.3 is 0 Å². The Morgan fingerprint density at radius 3 is 1.86 bits per heavy atom. The molecule has 0 spiro atoms. The monoisotopic (exact) mass is 226 g/mol. The molecular weight excluding hydrogens is 222 g/mol. The van der Waals surface area contributed by atoms with Gasteiger partial charge in [-0.05, 0) is 22.9 Å². The second-order valence-electron chi connectivity index (χ2n) is 2.96. The lowest BCUT2D eigenvalue weighted by Gasteiger charge is -1.94. The molecule has 4 heteroatoms. The average molecular weight is 226 g/mol. The van der Waals surface area contributed by atoms with Gasteiger partial charge in [0.05, 0.1) is 15.3 Å². The zero-order valence-corrected chi connectivity index (χ0v) is 8.51. The Bertz CT molecular complexity index is 488. The zero-order valence-electron chi connectivity index (χ0n) is 6.88. The standard InChI is InChI=1S/C10H4F2S2/c11-10(12)7-5-1-3-13-8(5)9-6(7)2-4-14-9/h1-4H. The highest BCUT2D eigenvalue weighted by Gasteiger charge is 2.29. The molecule has 14 heavy (non-hydrogen) atoms. The van der Waals surface area contributed by atoms with Crippen LogP contribution in [0, 0.1) is 0 Å². The van der Waals surface area contributed by atoms with Crippen molar-refractivity contribution >= 4 is 28.2 Å². The lowest BCUT2D eigenvalue weighted by molar-refractivity contribution is 0.426. The van der Waals surface area contributed by atoms with Crippen LogP contribution in [0.1, 0.15) is 11.1 Å². The molecule has 0 fully saturated rings. The van der Waals surface area contributed by atoms with Gasteiger partial charge in [0.1, 0.15) is 0 Å². The Kier molecular flexibility index (Phi) is 1.63. The molecule has 0 amide bonds. The number of hydrogen-bond donors (Lipinski definition) is 0. The first-order valence-corrected chi connectivity index (χ1v) is 5.76. The van der Waals surface area contributed by atoms with E-state index in [1.54, 1.807) is 12.1 Å². The van der Waals surface area contributed by atoms with Crippen LogP contribution in [-0.2, 0) is 0 Å². The fraction of sp³-hybridized carbons (Fsp3) is 0. The van der Waals surface area contributed by atoms with E-state index < -0.39 is 6.08 Å². The van der Waals surface area contributed by atoms with Crippen molar-refractivity contribution in [1.29, 1.82) is 0 Å². The Morgan fingerprint density at radius 1 is 0.929 bits per heavy atom. The van der Waals surface area contributed by atoms with Crippen LogP contribution in [0.5, 0.6) is 0 Å². The third-order valence-corrected chi connectivity index (χ3v) is 4.26. The fourth-order valence-electron chi connectivity index (χ4n) is 1.71. The first-order valence-electron chi connectivity index (χ1n) is 4.00. The summed E-state index contributed by atoms with van der Waals surface area (Å²) in [4.78, 5) is 1.97. The molecule has 0 radical (unpaired) electrons. The molecular formula is C10H4F2S2. The molecule has 2 aromatic rings. The Morgan fingerprint density at radius 2 is 1.43 bits per heavy atom. The van der Waals surface area contributed by atoms with Crippen LogP contribution in [0.15, 0.2) is 29.0 Å². The second-order valence-corrected chi connectivity index (χ2v) is 4.79. The molecule has 0 unspecified atom stereocenters. The van der Waals surface area contributed by atoms with E-state index >= 15 is 0 Å². The molecule has 0 aromatic carbocycles. The van der Waals surface area contributed by atoms with Crippen LogP contribution in [0.4, 0.5) is 8.78 Å². The van der Waals surface area contributed by atoms with Crippen molar-refractivity contribution in [1.82, 2.24) is 0 Å². The first-order chi connectivity index (χ1) is 6.79. The highest BCUT2D eigenvalue weighted by Crippen LogP contribution is 2.51. The molecule has 0 bridgehead atoms. The van der Waals surface area contributed by atoms with Gasteiger partial charge in [-0.15, -0.1) is 22.7 Å². The van der Waals surface area contributed by atoms with Gasteiger partial charge >= 0.3 is 0 Å². The number of thiophene rings is 2. The van der Waals surface area contributed by atoms with Crippen LogP contribution in [0.2, 0.25) is 0 Å². The molecule has 2 heterocycles. The zero-order chi connectivity index (χ0) is 9.71. The largest absolute Gasteiger partial charge is 0.278 e. The summed E-state index contributed by atoms with van der Waals surface area (Å²) in [5, 5.41) is 3.71. The van der Waals surface area contributed by atoms with Crippen LogP contribution in [-0.4, -0.2) is 0 Å². The van der Waals surface area contributed by atoms with Crippen molar-refractivity contribution in [2.75, 3.05) is 0 Å². The maximum Gasteiger partial charge on any atom is 0.278 e. The van der Waals surface area contributed by atoms with E-state index in [0.717, 1.165) is 9.75 Å². The van der Waals surface area contributed by atoms with E-state index in [-0.39, 0.29) is 5.57 Å². The SMILES string of the molecule is FC(F)=C1c2ccsc2-c2sccc21. The van der Waals surface area contributed by atoms with Crippen LogP contribution in [0.25, 0.3) is 15.3 Å². The molecule has 1 aliphatic rings. The summed E-state index contributed by atoms with van der Waals surface area (Å²) in [6.07, 6.45) is -1.58. The van der Waals surface area contributed by atoms with Crippen molar-refractivity contribution in [3.8, 4) is 9.75 Å².